The summed E-state index contributed by atoms with van der Waals surface area (Å²) < 4.78 is 4.58. The van der Waals surface area contributed by atoms with Gasteiger partial charge in [0.05, 0.1) is 35.0 Å². The molecule has 0 aliphatic heterocycles. The van der Waals surface area contributed by atoms with Crippen molar-refractivity contribution in [2.24, 2.45) is 0 Å². The predicted molar refractivity (Wildman–Crippen MR) is 77.6 cm³/mol. The van der Waals surface area contributed by atoms with Crippen LogP contribution < -0.4 is 5.32 Å². The summed E-state index contributed by atoms with van der Waals surface area (Å²) in [6, 6.07) is 5.23. The number of hydrogen-bond acceptors (Lipinski definition) is 5. The Bertz CT molecular complexity index is 581. The van der Waals surface area contributed by atoms with Crippen LogP contribution in [0.15, 0.2) is 23.6 Å². The summed E-state index contributed by atoms with van der Waals surface area (Å²) in [6.45, 7) is 0. The number of ether oxygens (including phenoxy) is 1. The fourth-order valence-corrected chi connectivity index (χ4v) is 2.60. The Morgan fingerprint density at radius 3 is 2.74 bits per heavy atom. The molecule has 0 bridgehead atoms. The number of benzene rings is 1. The monoisotopic (exact) mass is 316 g/mol. The molecule has 1 heterocycles. The van der Waals surface area contributed by atoms with Crippen LogP contribution in [0.25, 0.3) is 0 Å². The van der Waals surface area contributed by atoms with Gasteiger partial charge in [0.25, 0.3) is 0 Å². The van der Waals surface area contributed by atoms with E-state index < -0.39 is 0 Å². The molecule has 0 amide bonds. The van der Waals surface area contributed by atoms with E-state index in [0.717, 1.165) is 0 Å². The number of carbonyl (C=O) groups excluding carboxylic acids is 1. The van der Waals surface area contributed by atoms with Gasteiger partial charge in [0.1, 0.15) is 0 Å². The third-order valence-electron chi connectivity index (χ3n) is 2.30. The molecule has 2 rings (SSSR count). The van der Waals surface area contributed by atoms with Gasteiger partial charge in [0, 0.05) is 5.38 Å². The van der Waals surface area contributed by atoms with Gasteiger partial charge in [0.15, 0.2) is 5.13 Å². The van der Waals surface area contributed by atoms with Crippen LogP contribution in [0.3, 0.4) is 0 Å². The van der Waals surface area contributed by atoms with E-state index in [9.17, 15) is 4.79 Å². The second-order valence-corrected chi connectivity index (χ2v) is 5.29. The maximum absolute atomic E-state index is 11.1. The summed E-state index contributed by atoms with van der Waals surface area (Å²) in [5.41, 5.74) is 1.24. The molecule has 0 aliphatic rings. The van der Waals surface area contributed by atoms with Crippen LogP contribution in [0.1, 0.15) is 5.69 Å². The van der Waals surface area contributed by atoms with Gasteiger partial charge in [-0.05, 0) is 12.1 Å². The van der Waals surface area contributed by atoms with Crippen molar-refractivity contribution in [2.45, 2.75) is 6.42 Å². The molecule has 2 aromatic rings. The highest BCUT2D eigenvalue weighted by Crippen LogP contribution is 2.33. The second-order valence-electron chi connectivity index (χ2n) is 3.62. The quantitative estimate of drug-likeness (QED) is 0.869. The lowest BCUT2D eigenvalue weighted by molar-refractivity contribution is -0.139. The Hall–Kier alpha value is -1.30. The fraction of sp³-hybridized carbons (Fsp3) is 0.167. The lowest BCUT2D eigenvalue weighted by Crippen LogP contribution is -2.04. The summed E-state index contributed by atoms with van der Waals surface area (Å²) in [5.74, 6) is -0.326. The van der Waals surface area contributed by atoms with E-state index in [2.05, 4.69) is 15.0 Å². The first-order chi connectivity index (χ1) is 9.10. The van der Waals surface area contributed by atoms with Gasteiger partial charge in [-0.15, -0.1) is 11.3 Å². The molecule has 0 saturated heterocycles. The van der Waals surface area contributed by atoms with Gasteiger partial charge in [-0.25, -0.2) is 4.98 Å². The summed E-state index contributed by atoms with van der Waals surface area (Å²) >= 11 is 13.5. The second kappa shape index (κ2) is 6.23. The first kappa shape index (κ1) is 14.1. The standard InChI is InChI=1S/C12H10Cl2N2O2S/c1-18-10(17)5-7-6-19-12(15-7)16-11-8(13)3-2-4-9(11)14/h2-4,6H,5H2,1H3,(H,15,16). The van der Waals surface area contributed by atoms with E-state index in [-0.39, 0.29) is 12.4 Å². The van der Waals surface area contributed by atoms with Gasteiger partial charge in [-0.3, -0.25) is 4.79 Å². The molecular formula is C12H10Cl2N2O2S. The van der Waals surface area contributed by atoms with Crippen molar-refractivity contribution in [1.82, 2.24) is 4.98 Å². The number of halogens is 2. The number of nitrogens with zero attached hydrogens (tertiary/aromatic N) is 1. The highest BCUT2D eigenvalue weighted by atomic mass is 35.5. The van der Waals surface area contributed by atoms with Crippen LogP contribution in [-0.4, -0.2) is 18.1 Å². The summed E-state index contributed by atoms with van der Waals surface area (Å²) in [5, 5.41) is 6.47. The molecule has 100 valence electrons. The van der Waals surface area contributed by atoms with Crippen molar-refractivity contribution < 1.29 is 9.53 Å². The minimum absolute atomic E-state index is 0.144. The Morgan fingerprint density at radius 2 is 2.11 bits per heavy atom. The number of nitrogens with one attached hydrogen (secondary N) is 1. The van der Waals surface area contributed by atoms with Crippen LogP contribution in [-0.2, 0) is 16.0 Å². The van der Waals surface area contributed by atoms with E-state index in [1.807, 2.05) is 0 Å². The third-order valence-corrected chi connectivity index (χ3v) is 3.74. The zero-order valence-electron chi connectivity index (χ0n) is 9.94. The summed E-state index contributed by atoms with van der Waals surface area (Å²) in [6.07, 6.45) is 0.144. The smallest absolute Gasteiger partial charge is 0.311 e. The molecule has 1 aromatic carbocycles. The molecule has 0 spiro atoms. The molecule has 0 aliphatic carbocycles. The van der Waals surface area contributed by atoms with Crippen molar-refractivity contribution in [3.8, 4) is 0 Å². The number of esters is 1. The van der Waals surface area contributed by atoms with Crippen LogP contribution in [0.2, 0.25) is 10.0 Å². The topological polar surface area (TPSA) is 51.2 Å². The number of anilines is 2. The number of para-hydroxylation sites is 1. The van der Waals surface area contributed by atoms with E-state index in [4.69, 9.17) is 23.2 Å². The molecule has 4 nitrogen and oxygen atoms in total. The lowest BCUT2D eigenvalue weighted by atomic mass is 10.3. The number of carbonyl (C=O) groups is 1. The van der Waals surface area contributed by atoms with E-state index in [1.165, 1.54) is 18.4 Å². The first-order valence-electron chi connectivity index (χ1n) is 5.32. The molecule has 0 saturated carbocycles. The normalized spacial score (nSPS) is 10.3. The average molecular weight is 317 g/mol. The molecule has 7 heteroatoms. The Kier molecular flexibility index (Phi) is 4.63. The first-order valence-corrected chi connectivity index (χ1v) is 6.96. The molecule has 1 aromatic heterocycles. The zero-order valence-corrected chi connectivity index (χ0v) is 12.3. The van der Waals surface area contributed by atoms with E-state index >= 15 is 0 Å². The number of thiazole rings is 1. The van der Waals surface area contributed by atoms with Crippen molar-refractivity contribution in [1.29, 1.82) is 0 Å². The third kappa shape index (κ3) is 3.59. The van der Waals surface area contributed by atoms with Crippen molar-refractivity contribution >= 4 is 51.3 Å². The molecule has 19 heavy (non-hydrogen) atoms. The number of methoxy groups -OCH3 is 1. The maximum atomic E-state index is 11.1. The van der Waals surface area contributed by atoms with Gasteiger partial charge < -0.3 is 10.1 Å². The summed E-state index contributed by atoms with van der Waals surface area (Å²) in [7, 11) is 1.34. The molecule has 1 N–H and O–H groups in total. The van der Waals surface area contributed by atoms with Crippen LogP contribution in [0, 0.1) is 0 Å². The predicted octanol–water partition coefficient (Wildman–Crippen LogP) is 3.91. The van der Waals surface area contributed by atoms with Crippen LogP contribution in [0.4, 0.5) is 10.8 Å². The van der Waals surface area contributed by atoms with Crippen LogP contribution in [0.5, 0.6) is 0 Å². The largest absolute Gasteiger partial charge is 0.469 e. The van der Waals surface area contributed by atoms with Crippen LogP contribution >= 0.6 is 34.5 Å². The van der Waals surface area contributed by atoms with E-state index in [1.54, 1.807) is 23.6 Å². The van der Waals surface area contributed by atoms with Gasteiger partial charge in [0.2, 0.25) is 0 Å². The average Bonchev–Trinajstić information content (AvgIpc) is 2.81. The maximum Gasteiger partial charge on any atom is 0.311 e. The molecule has 0 atom stereocenters. The number of aromatic nitrogens is 1. The van der Waals surface area contributed by atoms with Gasteiger partial charge in [-0.1, -0.05) is 29.3 Å². The molecular weight excluding hydrogens is 307 g/mol. The highest BCUT2D eigenvalue weighted by Gasteiger charge is 2.10. The number of hydrogen-bond donors (Lipinski definition) is 1. The SMILES string of the molecule is COC(=O)Cc1csc(Nc2c(Cl)cccc2Cl)n1. The molecule has 0 fully saturated rings. The van der Waals surface area contributed by atoms with Gasteiger partial charge >= 0.3 is 5.97 Å². The molecule has 0 radical (unpaired) electrons. The Labute approximate surface area is 124 Å². The van der Waals surface area contributed by atoms with Crippen molar-refractivity contribution in [3.63, 3.8) is 0 Å². The Morgan fingerprint density at radius 1 is 1.42 bits per heavy atom. The van der Waals surface area contributed by atoms with Crippen molar-refractivity contribution in [3.05, 3.63) is 39.3 Å². The Balaban J connectivity index is 2.14. The van der Waals surface area contributed by atoms with Gasteiger partial charge in [-0.2, -0.15) is 0 Å². The zero-order chi connectivity index (χ0) is 13.8. The minimum atomic E-state index is -0.326. The number of rotatable bonds is 4. The summed E-state index contributed by atoms with van der Waals surface area (Å²) in [4.78, 5) is 15.4. The highest BCUT2D eigenvalue weighted by molar-refractivity contribution is 7.13. The van der Waals surface area contributed by atoms with E-state index in [0.29, 0.717) is 26.6 Å². The lowest BCUT2D eigenvalue weighted by Gasteiger charge is -2.06. The van der Waals surface area contributed by atoms with Crippen molar-refractivity contribution in [2.75, 3.05) is 12.4 Å². The fourth-order valence-electron chi connectivity index (χ4n) is 1.39. The minimum Gasteiger partial charge on any atom is -0.469 e. The molecule has 0 unspecified atom stereocenters.